The lowest BCUT2D eigenvalue weighted by atomic mass is 10.2. The molecule has 6 heteroatoms. The molecule has 1 amide bonds. The Morgan fingerprint density at radius 1 is 1.50 bits per heavy atom. The Kier molecular flexibility index (Phi) is 3.93. The largest absolute Gasteiger partial charge is 0.494 e. The third-order valence-corrected chi connectivity index (χ3v) is 2.99. The fourth-order valence-electron chi connectivity index (χ4n) is 1.81. The molecule has 0 radical (unpaired) electrons. The van der Waals surface area contributed by atoms with Crippen LogP contribution in [0.25, 0.3) is 0 Å². The molecule has 0 aliphatic carbocycles. The maximum absolute atomic E-state index is 12.2. The van der Waals surface area contributed by atoms with Crippen LogP contribution in [0.3, 0.4) is 0 Å². The van der Waals surface area contributed by atoms with E-state index in [2.05, 4.69) is 10.4 Å². The maximum atomic E-state index is 12.2. The Labute approximate surface area is 117 Å². The van der Waals surface area contributed by atoms with Crippen LogP contribution in [0.1, 0.15) is 18.5 Å². The molecule has 0 aliphatic rings. The molecule has 1 unspecified atom stereocenters. The average Bonchev–Trinajstić information content (AvgIpc) is 2.86. The summed E-state index contributed by atoms with van der Waals surface area (Å²) in [5.74, 6) is 0.360. The number of hydrogen-bond acceptors (Lipinski definition) is 4. The Balaban J connectivity index is 2.15. The van der Waals surface area contributed by atoms with E-state index in [0.29, 0.717) is 17.1 Å². The minimum absolute atomic E-state index is 0.170. The molecule has 6 nitrogen and oxygen atoms in total. The lowest BCUT2D eigenvalue weighted by Gasteiger charge is -2.15. The SMILES string of the molecule is COc1cc(N)ccc1NC(=O)C(C)n1cc(C)cn1. The van der Waals surface area contributed by atoms with E-state index in [9.17, 15) is 4.79 Å². The topological polar surface area (TPSA) is 82.2 Å². The fraction of sp³-hybridized carbons (Fsp3) is 0.286. The van der Waals surface area contributed by atoms with Crippen molar-refractivity contribution in [2.75, 3.05) is 18.2 Å². The lowest BCUT2D eigenvalue weighted by molar-refractivity contribution is -0.119. The lowest BCUT2D eigenvalue weighted by Crippen LogP contribution is -2.24. The zero-order valence-corrected chi connectivity index (χ0v) is 11.8. The van der Waals surface area contributed by atoms with E-state index in [0.717, 1.165) is 5.56 Å². The first-order chi connectivity index (χ1) is 9.51. The van der Waals surface area contributed by atoms with Crippen molar-refractivity contribution < 1.29 is 9.53 Å². The van der Waals surface area contributed by atoms with Crippen molar-refractivity contribution in [1.29, 1.82) is 0 Å². The van der Waals surface area contributed by atoms with Crippen LogP contribution >= 0.6 is 0 Å². The standard InChI is InChI=1S/C14H18N4O2/c1-9-7-16-18(8-9)10(2)14(19)17-12-5-4-11(15)6-13(12)20-3/h4-8,10H,15H2,1-3H3,(H,17,19). The number of benzene rings is 1. The molecule has 3 N–H and O–H groups in total. The number of rotatable bonds is 4. The molecule has 0 aliphatic heterocycles. The van der Waals surface area contributed by atoms with Gasteiger partial charge in [-0.15, -0.1) is 0 Å². The molecular formula is C14H18N4O2. The van der Waals surface area contributed by atoms with E-state index < -0.39 is 6.04 Å². The van der Waals surface area contributed by atoms with Crippen LogP contribution in [0, 0.1) is 6.92 Å². The zero-order chi connectivity index (χ0) is 14.7. The number of methoxy groups -OCH3 is 1. The van der Waals surface area contributed by atoms with Gasteiger partial charge >= 0.3 is 0 Å². The molecule has 2 rings (SSSR count). The second-order valence-electron chi connectivity index (χ2n) is 4.62. The highest BCUT2D eigenvalue weighted by atomic mass is 16.5. The van der Waals surface area contributed by atoms with Gasteiger partial charge in [-0.05, 0) is 31.5 Å². The van der Waals surface area contributed by atoms with Crippen LogP contribution in [0.2, 0.25) is 0 Å². The molecule has 1 aromatic heterocycles. The summed E-state index contributed by atoms with van der Waals surface area (Å²) in [6.07, 6.45) is 3.54. The number of ether oxygens (including phenoxy) is 1. The molecule has 106 valence electrons. The highest BCUT2D eigenvalue weighted by Crippen LogP contribution is 2.27. The molecule has 0 saturated heterocycles. The predicted molar refractivity (Wildman–Crippen MR) is 77.7 cm³/mol. The van der Waals surface area contributed by atoms with Gasteiger partial charge in [0.25, 0.3) is 0 Å². The first-order valence-electron chi connectivity index (χ1n) is 6.26. The molecule has 0 bridgehead atoms. The van der Waals surface area contributed by atoms with Crippen molar-refractivity contribution in [1.82, 2.24) is 9.78 Å². The number of nitrogens with zero attached hydrogens (tertiary/aromatic N) is 2. The summed E-state index contributed by atoms with van der Waals surface area (Å²) in [7, 11) is 1.53. The number of nitrogen functional groups attached to an aromatic ring is 1. The van der Waals surface area contributed by atoms with Gasteiger partial charge < -0.3 is 15.8 Å². The molecule has 1 heterocycles. The van der Waals surface area contributed by atoms with E-state index in [-0.39, 0.29) is 5.91 Å². The van der Waals surface area contributed by atoms with Crippen molar-refractivity contribution in [2.45, 2.75) is 19.9 Å². The van der Waals surface area contributed by atoms with Gasteiger partial charge in [0, 0.05) is 18.0 Å². The van der Waals surface area contributed by atoms with Crippen LogP contribution in [0.5, 0.6) is 5.75 Å². The summed E-state index contributed by atoms with van der Waals surface area (Å²) in [5, 5.41) is 6.96. The van der Waals surface area contributed by atoms with Gasteiger partial charge in [0.15, 0.2) is 0 Å². The predicted octanol–water partition coefficient (Wildman–Crippen LogP) is 1.98. The smallest absolute Gasteiger partial charge is 0.249 e. The van der Waals surface area contributed by atoms with Crippen LogP contribution in [-0.4, -0.2) is 22.8 Å². The van der Waals surface area contributed by atoms with Gasteiger partial charge in [0.1, 0.15) is 11.8 Å². The number of anilines is 2. The third kappa shape index (κ3) is 2.90. The Morgan fingerprint density at radius 3 is 2.85 bits per heavy atom. The van der Waals surface area contributed by atoms with Gasteiger partial charge in [-0.25, -0.2) is 0 Å². The van der Waals surface area contributed by atoms with Crippen LogP contribution in [0.4, 0.5) is 11.4 Å². The maximum Gasteiger partial charge on any atom is 0.249 e. The monoisotopic (exact) mass is 274 g/mol. The number of amides is 1. The molecule has 0 spiro atoms. The molecule has 2 aromatic rings. The van der Waals surface area contributed by atoms with E-state index >= 15 is 0 Å². The molecule has 20 heavy (non-hydrogen) atoms. The third-order valence-electron chi connectivity index (χ3n) is 2.99. The minimum Gasteiger partial charge on any atom is -0.494 e. The normalized spacial score (nSPS) is 11.9. The number of carbonyl (C=O) groups is 1. The molecule has 1 atom stereocenters. The van der Waals surface area contributed by atoms with Gasteiger partial charge in [-0.2, -0.15) is 5.10 Å². The molecule has 1 aromatic carbocycles. The summed E-state index contributed by atoms with van der Waals surface area (Å²) in [5.41, 5.74) is 7.85. The van der Waals surface area contributed by atoms with Crippen LogP contribution in [-0.2, 0) is 4.79 Å². The number of hydrogen-bond donors (Lipinski definition) is 2. The van der Waals surface area contributed by atoms with Crippen LogP contribution < -0.4 is 15.8 Å². The van der Waals surface area contributed by atoms with Crippen molar-refractivity contribution in [3.05, 3.63) is 36.2 Å². The van der Waals surface area contributed by atoms with Crippen molar-refractivity contribution in [3.8, 4) is 5.75 Å². The quantitative estimate of drug-likeness (QED) is 0.835. The number of nitrogens with one attached hydrogen (secondary N) is 1. The number of aromatic nitrogens is 2. The summed E-state index contributed by atoms with van der Waals surface area (Å²) < 4.78 is 6.82. The summed E-state index contributed by atoms with van der Waals surface area (Å²) in [6.45, 7) is 3.71. The van der Waals surface area contributed by atoms with E-state index in [1.165, 1.54) is 7.11 Å². The Bertz CT molecular complexity index is 621. The number of nitrogens with two attached hydrogens (primary N) is 1. The average molecular weight is 274 g/mol. The first kappa shape index (κ1) is 13.9. The Hall–Kier alpha value is -2.50. The summed E-state index contributed by atoms with van der Waals surface area (Å²) in [6, 6.07) is 4.68. The highest BCUT2D eigenvalue weighted by Gasteiger charge is 2.17. The summed E-state index contributed by atoms with van der Waals surface area (Å²) in [4.78, 5) is 12.2. The van der Waals surface area contributed by atoms with Gasteiger partial charge in [-0.1, -0.05) is 0 Å². The molecule has 0 fully saturated rings. The van der Waals surface area contributed by atoms with E-state index in [4.69, 9.17) is 10.5 Å². The fourth-order valence-corrected chi connectivity index (χ4v) is 1.81. The van der Waals surface area contributed by atoms with Gasteiger partial charge in [0.05, 0.1) is 19.0 Å². The van der Waals surface area contributed by atoms with E-state index in [1.54, 1.807) is 36.0 Å². The molecular weight excluding hydrogens is 256 g/mol. The highest BCUT2D eigenvalue weighted by molar-refractivity contribution is 5.95. The first-order valence-corrected chi connectivity index (χ1v) is 6.26. The second-order valence-corrected chi connectivity index (χ2v) is 4.62. The minimum atomic E-state index is -0.411. The van der Waals surface area contributed by atoms with Crippen LogP contribution in [0.15, 0.2) is 30.6 Å². The zero-order valence-electron chi connectivity index (χ0n) is 11.8. The molecule has 0 saturated carbocycles. The van der Waals surface area contributed by atoms with E-state index in [1.807, 2.05) is 13.1 Å². The number of aryl methyl sites for hydroxylation is 1. The van der Waals surface area contributed by atoms with Crippen molar-refractivity contribution >= 4 is 17.3 Å². The van der Waals surface area contributed by atoms with Gasteiger partial charge in [0.2, 0.25) is 5.91 Å². The second kappa shape index (κ2) is 5.64. The Morgan fingerprint density at radius 2 is 2.25 bits per heavy atom. The van der Waals surface area contributed by atoms with Crippen molar-refractivity contribution in [2.24, 2.45) is 0 Å². The number of carbonyl (C=O) groups excluding carboxylic acids is 1. The van der Waals surface area contributed by atoms with Gasteiger partial charge in [-0.3, -0.25) is 9.48 Å². The summed E-state index contributed by atoms with van der Waals surface area (Å²) >= 11 is 0. The van der Waals surface area contributed by atoms with Crippen molar-refractivity contribution in [3.63, 3.8) is 0 Å².